The topological polar surface area (TPSA) is 75.7 Å². The van der Waals surface area contributed by atoms with Crippen molar-refractivity contribution in [2.24, 2.45) is 0 Å². The van der Waals surface area contributed by atoms with Gasteiger partial charge < -0.3 is 9.74 Å². The van der Waals surface area contributed by atoms with Gasteiger partial charge in [-0.3, -0.25) is 0 Å². The summed E-state index contributed by atoms with van der Waals surface area (Å²) in [6, 6.07) is 0. The zero-order valence-corrected chi connectivity index (χ0v) is 8.13. The first kappa shape index (κ1) is 10.3. The number of amides is 1. The highest BCUT2D eigenvalue weighted by molar-refractivity contribution is 7.88. The van der Waals surface area contributed by atoms with Crippen LogP contribution in [-0.4, -0.2) is 38.8 Å². The van der Waals surface area contributed by atoms with Crippen LogP contribution in [0.5, 0.6) is 0 Å². The zero-order valence-electron chi connectivity index (χ0n) is 7.32. The van der Waals surface area contributed by atoms with E-state index in [0.29, 0.717) is 13.1 Å². The van der Waals surface area contributed by atoms with Crippen molar-refractivity contribution in [3.8, 4) is 0 Å². The summed E-state index contributed by atoms with van der Waals surface area (Å²) in [6.07, 6.45) is 2.16. The van der Waals surface area contributed by atoms with Gasteiger partial charge in [-0.1, -0.05) is 0 Å². The van der Waals surface area contributed by atoms with Crippen LogP contribution < -0.4 is 4.89 Å². The van der Waals surface area contributed by atoms with E-state index >= 15 is 0 Å². The predicted octanol–water partition coefficient (Wildman–Crippen LogP) is -0.317. The molecule has 6 nitrogen and oxygen atoms in total. The Balaban J connectivity index is 2.33. The van der Waals surface area contributed by atoms with Gasteiger partial charge in [0.2, 0.25) is 10.0 Å². The van der Waals surface area contributed by atoms with Crippen LogP contribution in [0.3, 0.4) is 0 Å². The molecule has 0 unspecified atom stereocenters. The second-order valence-electron chi connectivity index (χ2n) is 2.92. The molecule has 1 saturated heterocycles. The van der Waals surface area contributed by atoms with Crippen LogP contribution in [0, 0.1) is 0 Å². The molecule has 13 heavy (non-hydrogen) atoms. The number of carbonyl (C=O) groups is 1. The minimum atomic E-state index is -3.47. The molecule has 76 valence electrons. The lowest BCUT2D eigenvalue weighted by Crippen LogP contribution is -2.35. The molecule has 1 heterocycles. The first-order chi connectivity index (χ1) is 5.99. The third-order valence-electron chi connectivity index (χ3n) is 1.64. The maximum atomic E-state index is 11.1. The molecule has 1 fully saturated rings. The normalized spacial score (nSPS) is 17.5. The van der Waals surface area contributed by atoms with Gasteiger partial charge in [-0.15, -0.1) is 0 Å². The second kappa shape index (κ2) is 3.93. The third-order valence-corrected chi connectivity index (χ3v) is 2.03. The van der Waals surface area contributed by atoms with E-state index in [-0.39, 0.29) is 0 Å². The van der Waals surface area contributed by atoms with E-state index in [1.165, 1.54) is 4.90 Å². The lowest BCUT2D eigenvalue weighted by Gasteiger charge is -2.13. The van der Waals surface area contributed by atoms with E-state index in [2.05, 4.69) is 4.84 Å². The minimum Gasteiger partial charge on any atom is -0.338 e. The Bertz CT molecular complexity index is 281. The highest BCUT2D eigenvalue weighted by Crippen LogP contribution is 2.07. The monoisotopic (exact) mass is 208 g/mol. The van der Waals surface area contributed by atoms with Gasteiger partial charge in [0, 0.05) is 13.1 Å². The summed E-state index contributed by atoms with van der Waals surface area (Å²) < 4.78 is 21.1. The second-order valence-corrected chi connectivity index (χ2v) is 4.63. The fourth-order valence-electron chi connectivity index (χ4n) is 1.08. The summed E-state index contributed by atoms with van der Waals surface area (Å²) in [4.78, 5) is 18.5. The van der Waals surface area contributed by atoms with E-state index in [1.54, 1.807) is 4.89 Å². The van der Waals surface area contributed by atoms with E-state index in [0.717, 1.165) is 19.1 Å². The van der Waals surface area contributed by atoms with Gasteiger partial charge in [0.25, 0.3) is 0 Å². The van der Waals surface area contributed by atoms with Crippen LogP contribution >= 0.6 is 0 Å². The summed E-state index contributed by atoms with van der Waals surface area (Å²) in [5.41, 5.74) is 0. The minimum absolute atomic E-state index is 0.629. The molecule has 1 aliphatic heterocycles. The Labute approximate surface area is 76.9 Å². The lowest BCUT2D eigenvalue weighted by molar-refractivity contribution is 0.0912. The van der Waals surface area contributed by atoms with E-state index in [9.17, 15) is 13.2 Å². The van der Waals surface area contributed by atoms with Crippen molar-refractivity contribution in [3.05, 3.63) is 0 Å². The fourth-order valence-corrected chi connectivity index (χ4v) is 1.30. The fraction of sp³-hybridized carbons (Fsp3) is 0.833. The van der Waals surface area contributed by atoms with E-state index in [1.807, 2.05) is 0 Å². The average molecular weight is 208 g/mol. The van der Waals surface area contributed by atoms with Gasteiger partial charge in [0.15, 0.2) is 0 Å². The number of hydrogen-bond acceptors (Lipinski definition) is 4. The Morgan fingerprint density at radius 1 is 1.38 bits per heavy atom. The van der Waals surface area contributed by atoms with Crippen molar-refractivity contribution >= 4 is 16.1 Å². The van der Waals surface area contributed by atoms with Crippen molar-refractivity contribution < 1.29 is 18.0 Å². The molecule has 1 amide bonds. The van der Waals surface area contributed by atoms with Crippen LogP contribution in [0.15, 0.2) is 0 Å². The number of rotatable bonds is 2. The van der Waals surface area contributed by atoms with Gasteiger partial charge in [-0.05, 0) is 17.7 Å². The first-order valence-electron chi connectivity index (χ1n) is 3.91. The van der Waals surface area contributed by atoms with Gasteiger partial charge in [0.05, 0.1) is 6.26 Å². The molecule has 1 rings (SSSR count). The average Bonchev–Trinajstić information content (AvgIpc) is 2.50. The SMILES string of the molecule is CS(=O)(=O)NOC(=O)N1CCCC1. The van der Waals surface area contributed by atoms with Crippen molar-refractivity contribution in [3.63, 3.8) is 0 Å². The van der Waals surface area contributed by atoms with Crippen LogP contribution in [0.2, 0.25) is 0 Å². The molecule has 0 atom stereocenters. The number of likely N-dealkylation sites (tertiary alicyclic amines) is 1. The molecule has 0 spiro atoms. The van der Waals surface area contributed by atoms with Crippen molar-refractivity contribution in [2.45, 2.75) is 12.8 Å². The van der Waals surface area contributed by atoms with Gasteiger partial charge in [0.1, 0.15) is 0 Å². The Morgan fingerprint density at radius 3 is 2.38 bits per heavy atom. The van der Waals surface area contributed by atoms with Crippen LogP contribution in [0.4, 0.5) is 4.79 Å². The number of sulfonamides is 1. The molecule has 0 aromatic heterocycles. The highest BCUT2D eigenvalue weighted by atomic mass is 32.2. The maximum absolute atomic E-state index is 11.1. The van der Waals surface area contributed by atoms with E-state index < -0.39 is 16.1 Å². The zero-order chi connectivity index (χ0) is 9.90. The molecule has 1 N–H and O–H groups in total. The van der Waals surface area contributed by atoms with Crippen LogP contribution in [0.1, 0.15) is 12.8 Å². The smallest absolute Gasteiger partial charge is 0.338 e. The van der Waals surface area contributed by atoms with Crippen molar-refractivity contribution in [1.29, 1.82) is 0 Å². The van der Waals surface area contributed by atoms with Gasteiger partial charge in [-0.2, -0.15) is 0 Å². The largest absolute Gasteiger partial charge is 0.429 e. The standard InChI is InChI=1S/C6H12N2O4S/c1-13(10,11)7-12-6(9)8-4-2-3-5-8/h7H,2-5H2,1H3. The quantitative estimate of drug-likeness (QED) is 0.631. The Morgan fingerprint density at radius 2 is 1.92 bits per heavy atom. The molecule has 7 heteroatoms. The van der Waals surface area contributed by atoms with Crippen molar-refractivity contribution in [1.82, 2.24) is 9.79 Å². The highest BCUT2D eigenvalue weighted by Gasteiger charge is 2.20. The number of hydrogen-bond donors (Lipinski definition) is 1. The molecule has 0 saturated carbocycles. The molecular weight excluding hydrogens is 196 g/mol. The summed E-state index contributed by atoms with van der Waals surface area (Å²) in [5.74, 6) is 0. The Hall–Kier alpha value is -0.820. The van der Waals surface area contributed by atoms with Crippen molar-refractivity contribution in [2.75, 3.05) is 19.3 Å². The molecule has 0 aromatic carbocycles. The summed E-state index contributed by atoms with van der Waals surface area (Å²) in [5, 5.41) is 0. The molecule has 0 bridgehead atoms. The first-order valence-corrected chi connectivity index (χ1v) is 5.81. The van der Waals surface area contributed by atoms with Crippen LogP contribution in [-0.2, 0) is 14.9 Å². The molecule has 1 aliphatic rings. The third kappa shape index (κ3) is 3.60. The van der Waals surface area contributed by atoms with Crippen LogP contribution in [0.25, 0.3) is 0 Å². The summed E-state index contributed by atoms with van der Waals surface area (Å²) >= 11 is 0. The lowest BCUT2D eigenvalue weighted by atomic mass is 10.4. The maximum Gasteiger partial charge on any atom is 0.429 e. The van der Waals surface area contributed by atoms with Gasteiger partial charge in [-0.25, -0.2) is 13.2 Å². The number of nitrogens with zero attached hydrogens (tertiary/aromatic N) is 1. The number of nitrogens with one attached hydrogen (secondary N) is 1. The molecule has 0 radical (unpaired) electrons. The molecule has 0 aromatic rings. The summed E-state index contributed by atoms with van der Waals surface area (Å²) in [6.45, 7) is 1.26. The molecule has 0 aliphatic carbocycles. The predicted molar refractivity (Wildman–Crippen MR) is 45.3 cm³/mol. The molecular formula is C6H12N2O4S. The van der Waals surface area contributed by atoms with E-state index in [4.69, 9.17) is 0 Å². The summed E-state index contributed by atoms with van der Waals surface area (Å²) in [7, 11) is -3.47. The number of carbonyl (C=O) groups excluding carboxylic acids is 1. The van der Waals surface area contributed by atoms with Gasteiger partial charge >= 0.3 is 6.09 Å². The Kier molecular flexibility index (Phi) is 3.10.